The van der Waals surface area contributed by atoms with Crippen molar-refractivity contribution in [2.45, 2.75) is 12.2 Å². The van der Waals surface area contributed by atoms with E-state index in [9.17, 15) is 20.1 Å². The third-order valence-corrected chi connectivity index (χ3v) is 3.76. The van der Waals surface area contributed by atoms with Crippen LogP contribution in [-0.4, -0.2) is 39.1 Å². The molecule has 0 amide bonds. The van der Waals surface area contributed by atoms with Crippen molar-refractivity contribution in [2.24, 2.45) is 0 Å². The molecule has 0 bridgehead atoms. The molecule has 0 aliphatic carbocycles. The Balaban J connectivity index is 1.91. The Labute approximate surface area is 143 Å². The van der Waals surface area contributed by atoms with Gasteiger partial charge in [0.15, 0.2) is 35.2 Å². The van der Waals surface area contributed by atoms with Crippen molar-refractivity contribution in [2.75, 3.05) is 6.61 Å². The third-order valence-electron chi connectivity index (χ3n) is 3.76. The normalized spacial score (nSPS) is 19.1. The maximum atomic E-state index is 10.6. The highest BCUT2D eigenvalue weighted by Crippen LogP contribution is 2.41. The Morgan fingerprint density at radius 1 is 1.04 bits per heavy atom. The largest absolute Gasteiger partial charge is 0.504 e. The molecule has 2 aromatic rings. The molecule has 130 valence electrons. The summed E-state index contributed by atoms with van der Waals surface area (Å²) in [7, 11) is 0. The van der Waals surface area contributed by atoms with Crippen LogP contribution < -0.4 is 9.47 Å². The van der Waals surface area contributed by atoms with Gasteiger partial charge in [-0.25, -0.2) is 4.79 Å². The molecular formula is C18H16O7. The maximum Gasteiger partial charge on any atom is 0.328 e. The zero-order chi connectivity index (χ0) is 18.0. The first-order valence-electron chi connectivity index (χ1n) is 7.49. The summed E-state index contributed by atoms with van der Waals surface area (Å²) in [4.78, 5) is 10.6. The van der Waals surface area contributed by atoms with Gasteiger partial charge in [-0.15, -0.1) is 0 Å². The van der Waals surface area contributed by atoms with E-state index in [2.05, 4.69) is 0 Å². The van der Waals surface area contributed by atoms with Crippen molar-refractivity contribution in [1.29, 1.82) is 0 Å². The standard InChI is InChI=1S/C18H16O7/c19-9-16-18(11-3-4-12(20)13(21)8-11)25-14-5-1-10(2-6-17(22)23)7-15(14)24-16/h1-8,16,18-21H,9H2,(H,22,23)/t16-,18+/m1/s1. The predicted molar refractivity (Wildman–Crippen MR) is 87.8 cm³/mol. The molecule has 1 aliphatic heterocycles. The highest BCUT2D eigenvalue weighted by Gasteiger charge is 2.33. The number of ether oxygens (including phenoxy) is 2. The maximum absolute atomic E-state index is 10.6. The van der Waals surface area contributed by atoms with Gasteiger partial charge < -0.3 is 29.9 Å². The molecule has 0 saturated heterocycles. The first-order chi connectivity index (χ1) is 12.0. The van der Waals surface area contributed by atoms with Gasteiger partial charge in [-0.3, -0.25) is 0 Å². The van der Waals surface area contributed by atoms with E-state index in [-0.39, 0.29) is 18.1 Å². The number of hydrogen-bond acceptors (Lipinski definition) is 6. The van der Waals surface area contributed by atoms with Crippen molar-refractivity contribution >= 4 is 12.0 Å². The summed E-state index contributed by atoms with van der Waals surface area (Å²) in [5, 5.41) is 37.4. The van der Waals surface area contributed by atoms with Gasteiger partial charge in [0.2, 0.25) is 0 Å². The lowest BCUT2D eigenvalue weighted by molar-refractivity contribution is -0.131. The molecule has 25 heavy (non-hydrogen) atoms. The highest BCUT2D eigenvalue weighted by molar-refractivity contribution is 5.85. The summed E-state index contributed by atoms with van der Waals surface area (Å²) >= 11 is 0. The van der Waals surface area contributed by atoms with Gasteiger partial charge in [-0.2, -0.15) is 0 Å². The van der Waals surface area contributed by atoms with Crippen molar-refractivity contribution < 1.29 is 34.7 Å². The van der Waals surface area contributed by atoms with E-state index in [4.69, 9.17) is 14.6 Å². The molecule has 2 atom stereocenters. The average molecular weight is 344 g/mol. The number of hydrogen-bond donors (Lipinski definition) is 4. The molecule has 1 heterocycles. The fourth-order valence-corrected chi connectivity index (χ4v) is 2.56. The fourth-order valence-electron chi connectivity index (χ4n) is 2.56. The zero-order valence-electron chi connectivity index (χ0n) is 13.0. The van der Waals surface area contributed by atoms with E-state index in [1.165, 1.54) is 18.2 Å². The number of carbonyl (C=O) groups is 1. The first kappa shape index (κ1) is 16.7. The van der Waals surface area contributed by atoms with E-state index in [1.54, 1.807) is 24.3 Å². The van der Waals surface area contributed by atoms with Crippen LogP contribution in [0.3, 0.4) is 0 Å². The Hall–Kier alpha value is -3.19. The number of benzene rings is 2. The van der Waals surface area contributed by atoms with Crippen molar-refractivity contribution in [1.82, 2.24) is 0 Å². The van der Waals surface area contributed by atoms with Crippen molar-refractivity contribution in [3.05, 3.63) is 53.6 Å². The van der Waals surface area contributed by atoms with Crippen LogP contribution in [0.25, 0.3) is 6.08 Å². The van der Waals surface area contributed by atoms with Crippen LogP contribution in [0, 0.1) is 0 Å². The van der Waals surface area contributed by atoms with Crippen LogP contribution in [0.15, 0.2) is 42.5 Å². The second-order valence-corrected chi connectivity index (χ2v) is 5.50. The molecule has 0 saturated carbocycles. The number of phenolic OH excluding ortho intramolecular Hbond substituents is 2. The number of rotatable bonds is 4. The fraction of sp³-hybridized carbons (Fsp3) is 0.167. The summed E-state index contributed by atoms with van der Waals surface area (Å²) in [5.74, 6) is -0.801. The molecule has 4 N–H and O–H groups in total. The van der Waals surface area contributed by atoms with Gasteiger partial charge in [0.1, 0.15) is 0 Å². The highest BCUT2D eigenvalue weighted by atomic mass is 16.6. The van der Waals surface area contributed by atoms with E-state index in [0.29, 0.717) is 22.6 Å². The summed E-state index contributed by atoms with van der Waals surface area (Å²) in [6, 6.07) is 9.17. The Morgan fingerprint density at radius 2 is 1.84 bits per heavy atom. The summed E-state index contributed by atoms with van der Waals surface area (Å²) < 4.78 is 11.6. The van der Waals surface area contributed by atoms with Crippen molar-refractivity contribution in [3.8, 4) is 23.0 Å². The average Bonchev–Trinajstić information content (AvgIpc) is 2.61. The van der Waals surface area contributed by atoms with Crippen molar-refractivity contribution in [3.63, 3.8) is 0 Å². The van der Waals surface area contributed by atoms with Crippen LogP contribution >= 0.6 is 0 Å². The molecule has 0 spiro atoms. The number of aromatic hydroxyl groups is 2. The summed E-state index contributed by atoms with van der Waals surface area (Å²) in [6.07, 6.45) is 1.03. The second-order valence-electron chi connectivity index (χ2n) is 5.50. The quantitative estimate of drug-likeness (QED) is 0.495. The van der Waals surface area contributed by atoms with Crippen LogP contribution in [0.5, 0.6) is 23.0 Å². The number of fused-ring (bicyclic) bond motifs is 1. The minimum atomic E-state index is -1.06. The predicted octanol–water partition coefficient (Wildman–Crippen LogP) is 2.07. The number of aliphatic hydroxyl groups excluding tert-OH is 1. The van der Waals surface area contributed by atoms with E-state index in [1.807, 2.05) is 0 Å². The number of aliphatic hydroxyl groups is 1. The number of phenols is 2. The van der Waals surface area contributed by atoms with Crippen LogP contribution in [0.1, 0.15) is 17.2 Å². The minimum Gasteiger partial charge on any atom is -0.504 e. The molecule has 0 unspecified atom stereocenters. The number of carboxylic acid groups (broad SMARTS) is 1. The Morgan fingerprint density at radius 3 is 2.52 bits per heavy atom. The van der Waals surface area contributed by atoms with Gasteiger partial charge in [-0.1, -0.05) is 12.1 Å². The van der Waals surface area contributed by atoms with Crippen LogP contribution in [0.4, 0.5) is 0 Å². The van der Waals surface area contributed by atoms with E-state index in [0.717, 1.165) is 6.08 Å². The molecule has 2 aromatic carbocycles. The molecule has 7 nitrogen and oxygen atoms in total. The minimum absolute atomic E-state index is 0.253. The first-order valence-corrected chi connectivity index (χ1v) is 7.49. The van der Waals surface area contributed by atoms with E-state index >= 15 is 0 Å². The Kier molecular flexibility index (Phi) is 4.49. The van der Waals surface area contributed by atoms with E-state index < -0.39 is 18.2 Å². The Bertz CT molecular complexity index is 828. The van der Waals surface area contributed by atoms with Crippen LogP contribution in [-0.2, 0) is 4.79 Å². The summed E-state index contributed by atoms with van der Waals surface area (Å²) in [5.41, 5.74) is 1.15. The lowest BCUT2D eigenvalue weighted by Crippen LogP contribution is -2.36. The molecule has 3 rings (SSSR count). The van der Waals surface area contributed by atoms with Gasteiger partial charge in [0, 0.05) is 11.6 Å². The number of aliphatic carboxylic acids is 1. The molecule has 1 aliphatic rings. The van der Waals surface area contributed by atoms with Gasteiger partial charge in [0.25, 0.3) is 0 Å². The molecule has 0 aromatic heterocycles. The lowest BCUT2D eigenvalue weighted by Gasteiger charge is -2.33. The third kappa shape index (κ3) is 3.51. The molecular weight excluding hydrogens is 328 g/mol. The monoisotopic (exact) mass is 344 g/mol. The van der Waals surface area contributed by atoms with Gasteiger partial charge in [0.05, 0.1) is 6.61 Å². The smallest absolute Gasteiger partial charge is 0.328 e. The van der Waals surface area contributed by atoms with Gasteiger partial charge in [-0.05, 0) is 35.9 Å². The molecule has 0 radical (unpaired) electrons. The van der Waals surface area contributed by atoms with Crippen LogP contribution in [0.2, 0.25) is 0 Å². The lowest BCUT2D eigenvalue weighted by atomic mass is 10.0. The van der Waals surface area contributed by atoms with Gasteiger partial charge >= 0.3 is 5.97 Å². The molecule has 7 heteroatoms. The molecule has 0 fully saturated rings. The summed E-state index contributed by atoms with van der Waals surface area (Å²) in [6.45, 7) is -0.332. The number of carboxylic acids is 1. The topological polar surface area (TPSA) is 116 Å². The second kappa shape index (κ2) is 6.74. The zero-order valence-corrected chi connectivity index (χ0v) is 13.0. The SMILES string of the molecule is O=C(O)C=Cc1ccc2c(c1)O[C@H](CO)[C@H](c1ccc(O)c(O)c1)O2.